The van der Waals surface area contributed by atoms with Crippen LogP contribution >= 0.6 is 0 Å². The zero-order valence-electron chi connectivity index (χ0n) is 18.8. The Hall–Kier alpha value is -1.95. The van der Waals surface area contributed by atoms with Gasteiger partial charge in [-0.15, -0.1) is 0 Å². The van der Waals surface area contributed by atoms with Crippen LogP contribution < -0.4 is 10.6 Å². The molecule has 15 nitrogen and oxygen atoms in total. The molecule has 196 valence electrons. The maximum Gasteiger partial charge on any atom is 0.332 e. The summed E-state index contributed by atoms with van der Waals surface area (Å²) in [6.07, 6.45) is -13.5. The maximum atomic E-state index is 11.7. The highest BCUT2D eigenvalue weighted by Crippen LogP contribution is 2.30. The number of aliphatic carboxylic acids is 1. The summed E-state index contributed by atoms with van der Waals surface area (Å²) in [4.78, 5) is 34.8. The summed E-state index contributed by atoms with van der Waals surface area (Å²) in [5.74, 6) is -2.60. The van der Waals surface area contributed by atoms with E-state index in [0.717, 1.165) is 13.8 Å². The zero-order valence-corrected chi connectivity index (χ0v) is 18.8. The van der Waals surface area contributed by atoms with Crippen LogP contribution in [0.2, 0.25) is 0 Å². The van der Waals surface area contributed by atoms with E-state index in [9.17, 15) is 45.0 Å². The number of rotatable bonds is 9. The third-order valence-corrected chi connectivity index (χ3v) is 5.47. The third-order valence-electron chi connectivity index (χ3n) is 5.47. The van der Waals surface area contributed by atoms with Crippen molar-refractivity contribution in [2.24, 2.45) is 0 Å². The quantitative estimate of drug-likeness (QED) is 0.150. The van der Waals surface area contributed by atoms with Gasteiger partial charge in [-0.1, -0.05) is 0 Å². The average Bonchev–Trinajstić information content (AvgIpc) is 2.76. The van der Waals surface area contributed by atoms with E-state index in [2.05, 4.69) is 10.6 Å². The second-order valence-electron chi connectivity index (χ2n) is 8.09. The van der Waals surface area contributed by atoms with E-state index < -0.39 is 98.4 Å². The van der Waals surface area contributed by atoms with Crippen LogP contribution in [0.3, 0.4) is 0 Å². The molecule has 8 N–H and O–H groups in total. The minimum Gasteiger partial charge on any atom is -0.479 e. The van der Waals surface area contributed by atoms with Crippen LogP contribution in [0.25, 0.3) is 0 Å². The molecular weight excluding hydrogens is 464 g/mol. The lowest BCUT2D eigenvalue weighted by Crippen LogP contribution is -2.69. The Bertz CT molecular complexity index is 724. The number of carboxylic acid groups (broad SMARTS) is 1. The van der Waals surface area contributed by atoms with Gasteiger partial charge in [0.25, 0.3) is 0 Å². The Labute approximate surface area is 194 Å². The summed E-state index contributed by atoms with van der Waals surface area (Å²) in [6, 6.07) is -2.71. The summed E-state index contributed by atoms with van der Waals surface area (Å²) in [5, 5.41) is 64.4. The molecule has 0 saturated carbocycles. The number of hydrogen-bond acceptors (Lipinski definition) is 12. The van der Waals surface area contributed by atoms with Crippen molar-refractivity contribution >= 4 is 17.8 Å². The van der Waals surface area contributed by atoms with Crippen molar-refractivity contribution in [3.05, 3.63) is 0 Å². The predicted octanol–water partition coefficient (Wildman–Crippen LogP) is -4.61. The average molecular weight is 496 g/mol. The van der Waals surface area contributed by atoms with Gasteiger partial charge in [0.1, 0.15) is 48.7 Å². The highest BCUT2D eigenvalue weighted by Gasteiger charge is 2.52. The van der Waals surface area contributed by atoms with E-state index in [4.69, 9.17) is 18.9 Å². The molecule has 15 heteroatoms. The first-order valence-electron chi connectivity index (χ1n) is 10.6. The van der Waals surface area contributed by atoms with Crippen molar-refractivity contribution < 1.29 is 64.0 Å². The largest absolute Gasteiger partial charge is 0.479 e. The van der Waals surface area contributed by atoms with Crippen LogP contribution in [0, 0.1) is 0 Å². The maximum absolute atomic E-state index is 11.7. The fourth-order valence-corrected chi connectivity index (χ4v) is 3.82. The second-order valence-corrected chi connectivity index (χ2v) is 8.09. The molecule has 0 spiro atoms. The molecule has 2 amide bonds. The molecule has 0 aromatic heterocycles. The van der Waals surface area contributed by atoms with Gasteiger partial charge in [0.15, 0.2) is 18.7 Å². The van der Waals surface area contributed by atoms with E-state index in [1.54, 1.807) is 0 Å². The number of nitrogens with one attached hydrogen (secondary N) is 2. The van der Waals surface area contributed by atoms with E-state index >= 15 is 0 Å². The molecule has 0 unspecified atom stereocenters. The van der Waals surface area contributed by atoms with Gasteiger partial charge in [-0.05, 0) is 6.92 Å². The number of carbonyl (C=O) groups is 3. The van der Waals surface area contributed by atoms with Gasteiger partial charge in [0, 0.05) is 13.8 Å². The molecule has 2 aliphatic heterocycles. The van der Waals surface area contributed by atoms with Crippen LogP contribution in [0.4, 0.5) is 0 Å². The summed E-state index contributed by atoms with van der Waals surface area (Å²) < 4.78 is 22.3. The number of aliphatic hydroxyl groups excluding tert-OH is 5. The highest BCUT2D eigenvalue weighted by molar-refractivity contribution is 5.74. The lowest BCUT2D eigenvalue weighted by atomic mass is 9.94. The molecule has 0 radical (unpaired) electrons. The van der Waals surface area contributed by atoms with Crippen molar-refractivity contribution in [1.82, 2.24) is 10.6 Å². The summed E-state index contributed by atoms with van der Waals surface area (Å²) in [6.45, 7) is 2.00. The van der Waals surface area contributed by atoms with Crippen molar-refractivity contribution in [1.29, 1.82) is 0 Å². The normalized spacial score (nSPS) is 39.2. The Morgan fingerprint density at radius 1 is 0.882 bits per heavy atom. The number of amides is 2. The summed E-state index contributed by atoms with van der Waals surface area (Å²) in [5.41, 5.74) is 0. The van der Waals surface area contributed by atoms with Gasteiger partial charge in [-0.3, -0.25) is 9.59 Å². The van der Waals surface area contributed by atoms with Gasteiger partial charge >= 0.3 is 5.97 Å². The summed E-state index contributed by atoms with van der Waals surface area (Å²) >= 11 is 0. The molecule has 34 heavy (non-hydrogen) atoms. The first-order chi connectivity index (χ1) is 15.9. The van der Waals surface area contributed by atoms with E-state index in [1.165, 1.54) is 6.92 Å². The van der Waals surface area contributed by atoms with E-state index in [1.807, 2.05) is 0 Å². The molecule has 0 aromatic rings. The molecule has 11 atom stereocenters. The molecule has 2 aliphatic rings. The first-order valence-corrected chi connectivity index (χ1v) is 10.6. The smallest absolute Gasteiger partial charge is 0.332 e. The Morgan fingerprint density at radius 2 is 1.44 bits per heavy atom. The van der Waals surface area contributed by atoms with Gasteiger partial charge in [-0.25, -0.2) is 4.79 Å². The molecule has 2 fully saturated rings. The standard InChI is InChI=1S/C19H32N2O13/c1-6(17(28)29)31-16-12(21-8(3)25)18(30)32-10(5-23)15(16)34-19-11(20-7(2)24)14(27)13(26)9(4-22)33-19/h6,9-16,18-19,22-23,26-27,30H,4-5H2,1-3H3,(H,20,24)(H,21,25)(H,28,29)/t6-,9+,10+,11+,12+,13+,14+,15+,16+,18-,19-/m1/s1. The Balaban J connectivity index is 2.44. The lowest BCUT2D eigenvalue weighted by molar-refractivity contribution is -0.333. The number of carboxylic acids is 1. The van der Waals surface area contributed by atoms with Crippen molar-refractivity contribution in [2.75, 3.05) is 13.2 Å². The number of aliphatic hydroxyl groups is 5. The van der Waals surface area contributed by atoms with Crippen molar-refractivity contribution in [2.45, 2.75) is 88.2 Å². The van der Waals surface area contributed by atoms with Crippen LogP contribution in [0.15, 0.2) is 0 Å². The van der Waals surface area contributed by atoms with E-state index in [0.29, 0.717) is 0 Å². The van der Waals surface area contributed by atoms with Crippen LogP contribution in [-0.4, -0.2) is 129 Å². The number of hydrogen-bond donors (Lipinski definition) is 8. The number of ether oxygens (including phenoxy) is 4. The van der Waals surface area contributed by atoms with Gasteiger partial charge in [0.05, 0.1) is 13.2 Å². The molecule has 0 aromatic carbocycles. The van der Waals surface area contributed by atoms with E-state index in [-0.39, 0.29) is 0 Å². The third kappa shape index (κ3) is 6.59. The topological polar surface area (TPSA) is 234 Å². The van der Waals surface area contributed by atoms with Crippen molar-refractivity contribution in [3.8, 4) is 0 Å². The fraction of sp³-hybridized carbons (Fsp3) is 0.842. The van der Waals surface area contributed by atoms with Crippen molar-refractivity contribution in [3.63, 3.8) is 0 Å². The molecule has 2 heterocycles. The zero-order chi connectivity index (χ0) is 25.7. The first kappa shape index (κ1) is 28.3. The lowest BCUT2D eigenvalue weighted by Gasteiger charge is -2.48. The molecular formula is C19H32N2O13. The minimum atomic E-state index is -1.72. The predicted molar refractivity (Wildman–Crippen MR) is 108 cm³/mol. The van der Waals surface area contributed by atoms with Crippen LogP contribution in [-0.2, 0) is 33.3 Å². The monoisotopic (exact) mass is 496 g/mol. The SMILES string of the molecule is CC(=O)N[C@@H]1[C@@H](O[C@@H]2[C@@H](O[C@H](C)C(=O)O)[C@H](NC(C)=O)[C@H](O)O[C@H]2CO)O[C@@H](CO)[C@H](O)[C@H]1O. The summed E-state index contributed by atoms with van der Waals surface area (Å²) in [7, 11) is 0. The molecule has 0 aliphatic carbocycles. The number of carbonyl (C=O) groups excluding carboxylic acids is 2. The molecule has 0 bridgehead atoms. The van der Waals surface area contributed by atoms with Gasteiger partial charge in [-0.2, -0.15) is 0 Å². The fourth-order valence-electron chi connectivity index (χ4n) is 3.82. The molecule has 2 rings (SSSR count). The van der Waals surface area contributed by atoms with Crippen LogP contribution in [0.1, 0.15) is 20.8 Å². The van der Waals surface area contributed by atoms with Gasteiger partial charge in [0.2, 0.25) is 11.8 Å². The van der Waals surface area contributed by atoms with Gasteiger partial charge < -0.3 is 60.2 Å². The van der Waals surface area contributed by atoms with Crippen LogP contribution in [0.5, 0.6) is 0 Å². The second kappa shape index (κ2) is 12.1. The molecule has 2 saturated heterocycles. The Morgan fingerprint density at radius 3 is 1.94 bits per heavy atom. The minimum absolute atomic E-state index is 0.616. The highest BCUT2D eigenvalue weighted by atomic mass is 16.7. The Kier molecular flexibility index (Phi) is 10.1.